The van der Waals surface area contributed by atoms with Crippen LogP contribution < -0.4 is 5.48 Å². The van der Waals surface area contributed by atoms with Crippen molar-refractivity contribution in [3.63, 3.8) is 0 Å². The van der Waals surface area contributed by atoms with Gasteiger partial charge < -0.3 is 4.90 Å². The molecule has 3 rings (SSSR count). The van der Waals surface area contributed by atoms with Gasteiger partial charge in [-0.1, -0.05) is 11.6 Å². The molecule has 120 valence electrons. The van der Waals surface area contributed by atoms with Gasteiger partial charge in [-0.2, -0.15) is 0 Å². The van der Waals surface area contributed by atoms with Crippen LogP contribution >= 0.6 is 22.9 Å². The molecule has 2 N–H and O–H groups in total. The molecule has 0 fully saturated rings. The van der Waals surface area contributed by atoms with E-state index in [0.29, 0.717) is 35.0 Å². The fourth-order valence-corrected chi connectivity index (χ4v) is 4.06. The predicted molar refractivity (Wildman–Crippen MR) is 88.2 cm³/mol. The van der Waals surface area contributed by atoms with Crippen LogP contribution in [0, 0.1) is 6.92 Å². The fraction of sp³-hybridized carbons (Fsp3) is 0.250. The monoisotopic (exact) mass is 350 g/mol. The van der Waals surface area contributed by atoms with E-state index < -0.39 is 5.91 Å². The molecule has 0 aliphatic carbocycles. The van der Waals surface area contributed by atoms with Crippen LogP contribution in [0.4, 0.5) is 0 Å². The van der Waals surface area contributed by atoms with Crippen molar-refractivity contribution >= 4 is 34.8 Å². The molecule has 0 spiro atoms. The summed E-state index contributed by atoms with van der Waals surface area (Å²) in [6, 6.07) is 6.82. The van der Waals surface area contributed by atoms with E-state index in [1.807, 2.05) is 6.92 Å². The third kappa shape index (κ3) is 2.97. The number of rotatable bonds is 2. The van der Waals surface area contributed by atoms with E-state index in [9.17, 15) is 9.59 Å². The third-order valence-corrected chi connectivity index (χ3v) is 5.64. The molecule has 2 heterocycles. The van der Waals surface area contributed by atoms with Crippen LogP contribution in [0.25, 0.3) is 0 Å². The van der Waals surface area contributed by atoms with Gasteiger partial charge in [0.1, 0.15) is 0 Å². The van der Waals surface area contributed by atoms with Gasteiger partial charge in [0, 0.05) is 28.6 Å². The molecular weight excluding hydrogens is 336 g/mol. The highest BCUT2D eigenvalue weighted by Crippen LogP contribution is 2.33. The quantitative estimate of drug-likeness (QED) is 0.646. The minimum Gasteiger partial charge on any atom is -0.334 e. The highest BCUT2D eigenvalue weighted by atomic mass is 35.5. The molecule has 0 radical (unpaired) electrons. The molecule has 0 unspecified atom stereocenters. The number of thiophene rings is 1. The summed E-state index contributed by atoms with van der Waals surface area (Å²) in [6.07, 6.45) is 0.707. The Bertz CT molecular complexity index is 770. The number of nitrogens with one attached hydrogen (secondary N) is 1. The van der Waals surface area contributed by atoms with Gasteiger partial charge >= 0.3 is 0 Å². The second-order valence-corrected chi connectivity index (χ2v) is 6.92. The summed E-state index contributed by atoms with van der Waals surface area (Å²) in [5.41, 5.74) is 4.10. The van der Waals surface area contributed by atoms with Crippen molar-refractivity contribution < 1.29 is 14.8 Å². The Morgan fingerprint density at radius 1 is 1.30 bits per heavy atom. The largest absolute Gasteiger partial charge is 0.334 e. The lowest BCUT2D eigenvalue weighted by Gasteiger charge is -2.27. The molecule has 0 saturated heterocycles. The Balaban J connectivity index is 1.85. The molecular formula is C16H15ClN2O3S. The molecule has 2 aromatic rings. The van der Waals surface area contributed by atoms with Crippen molar-refractivity contribution in [2.75, 3.05) is 6.54 Å². The minimum atomic E-state index is -0.502. The maximum Gasteiger partial charge on any atom is 0.284 e. The first kappa shape index (κ1) is 16.0. The predicted octanol–water partition coefficient (Wildman–Crippen LogP) is 3.03. The third-order valence-electron chi connectivity index (χ3n) is 4.00. The Morgan fingerprint density at radius 2 is 2.00 bits per heavy atom. The standard InChI is InChI=1S/C16H15ClN2O3S/c1-9-12-8-19(16(21)10-2-4-11(17)5-3-10)7-6-13(12)23-14(9)15(20)18-22/h2-5,22H,6-8H2,1H3,(H,18,20). The summed E-state index contributed by atoms with van der Waals surface area (Å²) in [5, 5.41) is 9.41. The summed E-state index contributed by atoms with van der Waals surface area (Å²) in [5.74, 6) is -0.552. The van der Waals surface area contributed by atoms with Crippen LogP contribution in [0.3, 0.4) is 0 Å². The van der Waals surface area contributed by atoms with Crippen molar-refractivity contribution in [3.8, 4) is 0 Å². The molecule has 1 aromatic heterocycles. The first-order valence-corrected chi connectivity index (χ1v) is 8.31. The van der Waals surface area contributed by atoms with E-state index in [1.54, 1.807) is 34.6 Å². The lowest BCUT2D eigenvalue weighted by atomic mass is 10.0. The van der Waals surface area contributed by atoms with Crippen molar-refractivity contribution in [1.29, 1.82) is 0 Å². The first-order chi connectivity index (χ1) is 11.0. The van der Waals surface area contributed by atoms with E-state index in [2.05, 4.69) is 0 Å². The zero-order valence-electron chi connectivity index (χ0n) is 12.4. The summed E-state index contributed by atoms with van der Waals surface area (Å²) in [7, 11) is 0. The van der Waals surface area contributed by atoms with Gasteiger partial charge in [-0.25, -0.2) is 5.48 Å². The summed E-state index contributed by atoms with van der Waals surface area (Å²) in [6.45, 7) is 2.92. The SMILES string of the molecule is Cc1c(C(=O)NO)sc2c1CN(C(=O)c1ccc(Cl)cc1)CC2. The zero-order valence-corrected chi connectivity index (χ0v) is 14.0. The van der Waals surface area contributed by atoms with Crippen LogP contribution in [-0.4, -0.2) is 28.5 Å². The number of hydrogen-bond acceptors (Lipinski definition) is 4. The van der Waals surface area contributed by atoms with Crippen LogP contribution in [0.2, 0.25) is 5.02 Å². The number of nitrogens with zero attached hydrogens (tertiary/aromatic N) is 1. The molecule has 23 heavy (non-hydrogen) atoms. The van der Waals surface area contributed by atoms with Gasteiger partial charge in [-0.05, 0) is 48.7 Å². The van der Waals surface area contributed by atoms with Crippen molar-refractivity contribution in [2.24, 2.45) is 0 Å². The number of fused-ring (bicyclic) bond motifs is 1. The highest BCUT2D eigenvalue weighted by Gasteiger charge is 2.27. The van der Waals surface area contributed by atoms with E-state index in [1.165, 1.54) is 11.3 Å². The molecule has 1 aliphatic rings. The van der Waals surface area contributed by atoms with Crippen LogP contribution in [0.1, 0.15) is 36.0 Å². The molecule has 1 aromatic carbocycles. The Hall–Kier alpha value is -1.89. The molecule has 5 nitrogen and oxygen atoms in total. The number of hydrogen-bond donors (Lipinski definition) is 2. The number of carbonyl (C=O) groups excluding carboxylic acids is 2. The minimum absolute atomic E-state index is 0.0499. The smallest absolute Gasteiger partial charge is 0.284 e. The van der Waals surface area contributed by atoms with E-state index in [-0.39, 0.29) is 5.91 Å². The Morgan fingerprint density at radius 3 is 2.65 bits per heavy atom. The van der Waals surface area contributed by atoms with Gasteiger partial charge in [-0.15, -0.1) is 11.3 Å². The molecule has 0 bridgehead atoms. The average Bonchev–Trinajstić information content (AvgIpc) is 2.90. The van der Waals surface area contributed by atoms with E-state index >= 15 is 0 Å². The van der Waals surface area contributed by atoms with Gasteiger partial charge in [0.15, 0.2) is 0 Å². The lowest BCUT2D eigenvalue weighted by Crippen LogP contribution is -2.35. The molecule has 0 saturated carbocycles. The maximum atomic E-state index is 12.6. The van der Waals surface area contributed by atoms with Crippen molar-refractivity contribution in [3.05, 3.63) is 55.7 Å². The van der Waals surface area contributed by atoms with Crippen LogP contribution in [-0.2, 0) is 13.0 Å². The van der Waals surface area contributed by atoms with E-state index in [4.69, 9.17) is 16.8 Å². The summed E-state index contributed by atoms with van der Waals surface area (Å²) >= 11 is 7.23. The molecule has 0 atom stereocenters. The maximum absolute atomic E-state index is 12.6. The number of amides is 2. The molecule has 1 aliphatic heterocycles. The highest BCUT2D eigenvalue weighted by molar-refractivity contribution is 7.14. The van der Waals surface area contributed by atoms with Crippen molar-refractivity contribution in [1.82, 2.24) is 10.4 Å². The second-order valence-electron chi connectivity index (χ2n) is 5.38. The summed E-state index contributed by atoms with van der Waals surface area (Å²) in [4.78, 5) is 27.6. The van der Waals surface area contributed by atoms with Gasteiger partial charge in [0.25, 0.3) is 11.8 Å². The normalized spacial score (nSPS) is 13.6. The van der Waals surface area contributed by atoms with Crippen LogP contribution in [0.5, 0.6) is 0 Å². The number of hydroxylamine groups is 1. The van der Waals surface area contributed by atoms with Crippen molar-refractivity contribution in [2.45, 2.75) is 19.9 Å². The van der Waals surface area contributed by atoms with E-state index in [0.717, 1.165) is 16.0 Å². The number of benzene rings is 1. The number of halogens is 1. The summed E-state index contributed by atoms with van der Waals surface area (Å²) < 4.78 is 0. The Kier molecular flexibility index (Phi) is 4.39. The number of carbonyl (C=O) groups is 2. The van der Waals surface area contributed by atoms with Gasteiger partial charge in [0.05, 0.1) is 4.88 Å². The molecule has 7 heteroatoms. The average molecular weight is 351 g/mol. The molecule has 2 amide bonds. The van der Waals surface area contributed by atoms with Crippen LogP contribution in [0.15, 0.2) is 24.3 Å². The van der Waals surface area contributed by atoms with Gasteiger partial charge in [-0.3, -0.25) is 14.8 Å². The zero-order chi connectivity index (χ0) is 16.6. The Labute approximate surface area is 142 Å². The first-order valence-electron chi connectivity index (χ1n) is 7.11. The second kappa shape index (κ2) is 6.31. The lowest BCUT2D eigenvalue weighted by molar-refractivity contribution is 0.0710. The van der Waals surface area contributed by atoms with Gasteiger partial charge in [0.2, 0.25) is 0 Å². The topological polar surface area (TPSA) is 69.6 Å². The fourth-order valence-electron chi connectivity index (χ4n) is 2.74.